The number of rotatable bonds is 3. The minimum Gasteiger partial charge on any atom is -0.367 e. The van der Waals surface area contributed by atoms with Gasteiger partial charge in [0, 0.05) is 23.7 Å². The van der Waals surface area contributed by atoms with Crippen LogP contribution in [0, 0.1) is 12.3 Å². The average Bonchev–Trinajstić information content (AvgIpc) is 2.30. The summed E-state index contributed by atoms with van der Waals surface area (Å²) in [6.45, 7) is 0.721. The molecule has 0 amide bonds. The number of benzene rings is 1. The first-order valence-electron chi connectivity index (χ1n) is 4.79. The lowest BCUT2D eigenvalue weighted by Crippen LogP contribution is -2.03. The van der Waals surface area contributed by atoms with Crippen LogP contribution in [0.4, 0.5) is 5.82 Å². The molecule has 1 heterocycles. The predicted octanol–water partition coefficient (Wildman–Crippen LogP) is 2.06. The number of anilines is 1. The monoisotopic (exact) mass is 197 g/mol. The molecule has 74 valence electrons. The summed E-state index contributed by atoms with van der Waals surface area (Å²) in [6.07, 6.45) is 7.62. The lowest BCUT2D eigenvalue weighted by atomic mass is 10.2. The summed E-state index contributed by atoms with van der Waals surface area (Å²) in [5.41, 5.74) is 0. The predicted molar refractivity (Wildman–Crippen MR) is 61.5 cm³/mol. The minimum atomic E-state index is 0.685. The fourth-order valence-electron chi connectivity index (χ4n) is 1.41. The molecule has 15 heavy (non-hydrogen) atoms. The Bertz CT molecular complexity index is 494. The van der Waals surface area contributed by atoms with Crippen LogP contribution in [-0.4, -0.2) is 16.7 Å². The number of nitrogens with one attached hydrogen (secondary N) is 1. The second kappa shape index (κ2) is 4.43. The molecule has 0 saturated carbocycles. The third kappa shape index (κ3) is 2.05. The van der Waals surface area contributed by atoms with Crippen molar-refractivity contribution in [3.8, 4) is 12.3 Å². The molecule has 2 rings (SSSR count). The van der Waals surface area contributed by atoms with E-state index in [1.54, 1.807) is 6.20 Å². The van der Waals surface area contributed by atoms with Crippen molar-refractivity contribution in [2.75, 3.05) is 11.9 Å². The first-order valence-corrected chi connectivity index (χ1v) is 4.79. The van der Waals surface area contributed by atoms with E-state index >= 15 is 0 Å². The van der Waals surface area contributed by atoms with Crippen molar-refractivity contribution in [1.29, 1.82) is 0 Å². The Morgan fingerprint density at radius 3 is 3.07 bits per heavy atom. The number of terminal acetylenes is 1. The van der Waals surface area contributed by atoms with Gasteiger partial charge in [-0.3, -0.25) is 0 Å². The lowest BCUT2D eigenvalue weighted by molar-refractivity contribution is 1.01. The van der Waals surface area contributed by atoms with Gasteiger partial charge in [-0.05, 0) is 0 Å². The molecule has 3 nitrogen and oxygen atoms in total. The van der Waals surface area contributed by atoms with Gasteiger partial charge in [0.05, 0.1) is 6.20 Å². The maximum atomic E-state index is 5.18. The second-order valence-electron chi connectivity index (χ2n) is 3.16. The highest BCUT2D eigenvalue weighted by molar-refractivity contribution is 5.90. The van der Waals surface area contributed by atoms with Crippen LogP contribution >= 0.6 is 0 Å². The van der Waals surface area contributed by atoms with E-state index in [0.29, 0.717) is 6.42 Å². The molecule has 1 N–H and O–H groups in total. The van der Waals surface area contributed by atoms with Gasteiger partial charge < -0.3 is 5.32 Å². The van der Waals surface area contributed by atoms with Crippen molar-refractivity contribution in [2.45, 2.75) is 6.42 Å². The summed E-state index contributed by atoms with van der Waals surface area (Å²) >= 11 is 0. The lowest BCUT2D eigenvalue weighted by Gasteiger charge is -2.05. The topological polar surface area (TPSA) is 37.8 Å². The summed E-state index contributed by atoms with van der Waals surface area (Å²) in [5, 5.41) is 13.3. The summed E-state index contributed by atoms with van der Waals surface area (Å²) in [7, 11) is 0. The number of hydrogen-bond donors (Lipinski definition) is 1. The standard InChI is InChI=1S/C12H11N3/c1-2-3-8-13-12-11-7-5-4-6-10(11)9-14-15-12/h1,4-7,9H,3,8H2,(H,13,15). The Hall–Kier alpha value is -2.08. The van der Waals surface area contributed by atoms with Crippen molar-refractivity contribution < 1.29 is 0 Å². The highest BCUT2D eigenvalue weighted by Gasteiger charge is 2.00. The minimum absolute atomic E-state index is 0.685. The number of aromatic nitrogens is 2. The molecule has 0 aliphatic heterocycles. The number of nitrogens with zero attached hydrogens (tertiary/aromatic N) is 2. The Balaban J connectivity index is 2.31. The molecule has 0 aliphatic carbocycles. The van der Waals surface area contributed by atoms with E-state index in [2.05, 4.69) is 21.4 Å². The largest absolute Gasteiger partial charge is 0.367 e. The van der Waals surface area contributed by atoms with Crippen LogP contribution < -0.4 is 5.32 Å². The molecule has 0 spiro atoms. The first-order chi connectivity index (χ1) is 7.42. The summed E-state index contributed by atoms with van der Waals surface area (Å²) in [4.78, 5) is 0. The van der Waals surface area contributed by atoms with E-state index in [1.807, 2.05) is 24.3 Å². The van der Waals surface area contributed by atoms with Crippen molar-refractivity contribution in [2.24, 2.45) is 0 Å². The SMILES string of the molecule is C#CCCNc1nncc2ccccc12. The van der Waals surface area contributed by atoms with Crippen molar-refractivity contribution in [3.63, 3.8) is 0 Å². The zero-order valence-corrected chi connectivity index (χ0v) is 8.27. The smallest absolute Gasteiger partial charge is 0.156 e. The van der Waals surface area contributed by atoms with Crippen LogP contribution in [0.3, 0.4) is 0 Å². The number of hydrogen-bond acceptors (Lipinski definition) is 3. The summed E-state index contributed by atoms with van der Waals surface area (Å²) in [5.74, 6) is 3.37. The molecule has 0 atom stereocenters. The van der Waals surface area contributed by atoms with Gasteiger partial charge in [0.25, 0.3) is 0 Å². The molecule has 0 fully saturated rings. The first kappa shape index (κ1) is 9.47. The van der Waals surface area contributed by atoms with Crippen LogP contribution in [0.5, 0.6) is 0 Å². The van der Waals surface area contributed by atoms with Gasteiger partial charge in [0.15, 0.2) is 5.82 Å². The van der Waals surface area contributed by atoms with Gasteiger partial charge >= 0.3 is 0 Å². The van der Waals surface area contributed by atoms with Crippen molar-refractivity contribution in [3.05, 3.63) is 30.5 Å². The highest BCUT2D eigenvalue weighted by atomic mass is 15.2. The van der Waals surface area contributed by atoms with Crippen LogP contribution in [-0.2, 0) is 0 Å². The van der Waals surface area contributed by atoms with Crippen molar-refractivity contribution in [1.82, 2.24) is 10.2 Å². The van der Waals surface area contributed by atoms with Gasteiger partial charge in [-0.15, -0.1) is 17.4 Å². The van der Waals surface area contributed by atoms with E-state index in [9.17, 15) is 0 Å². The zero-order chi connectivity index (χ0) is 10.5. The normalized spacial score (nSPS) is 9.80. The van der Waals surface area contributed by atoms with Gasteiger partial charge in [0.1, 0.15) is 0 Å². The van der Waals surface area contributed by atoms with E-state index in [4.69, 9.17) is 6.42 Å². The average molecular weight is 197 g/mol. The maximum Gasteiger partial charge on any atom is 0.156 e. The van der Waals surface area contributed by atoms with Crippen LogP contribution in [0.25, 0.3) is 10.8 Å². The molecule has 0 bridgehead atoms. The molecule has 1 aromatic carbocycles. The quantitative estimate of drug-likeness (QED) is 0.604. The van der Waals surface area contributed by atoms with Gasteiger partial charge in [0.2, 0.25) is 0 Å². The fourth-order valence-corrected chi connectivity index (χ4v) is 1.41. The van der Waals surface area contributed by atoms with Gasteiger partial charge in [-0.25, -0.2) is 0 Å². The van der Waals surface area contributed by atoms with E-state index in [0.717, 1.165) is 23.1 Å². The zero-order valence-electron chi connectivity index (χ0n) is 8.27. The molecule has 0 saturated heterocycles. The summed E-state index contributed by atoms with van der Waals surface area (Å²) in [6, 6.07) is 7.99. The molecule has 0 unspecified atom stereocenters. The van der Waals surface area contributed by atoms with Gasteiger partial charge in [-0.2, -0.15) is 5.10 Å². The third-order valence-electron chi connectivity index (χ3n) is 2.13. The fraction of sp³-hybridized carbons (Fsp3) is 0.167. The maximum absolute atomic E-state index is 5.18. The number of fused-ring (bicyclic) bond motifs is 1. The Kier molecular flexibility index (Phi) is 2.80. The van der Waals surface area contributed by atoms with E-state index < -0.39 is 0 Å². The molecule has 3 heteroatoms. The van der Waals surface area contributed by atoms with Crippen molar-refractivity contribution >= 4 is 16.6 Å². The Morgan fingerprint density at radius 1 is 1.33 bits per heavy atom. The third-order valence-corrected chi connectivity index (χ3v) is 2.13. The highest BCUT2D eigenvalue weighted by Crippen LogP contribution is 2.18. The molecule has 0 aliphatic rings. The van der Waals surface area contributed by atoms with Crippen LogP contribution in [0.2, 0.25) is 0 Å². The van der Waals surface area contributed by atoms with E-state index in [-0.39, 0.29) is 0 Å². The second-order valence-corrected chi connectivity index (χ2v) is 3.16. The van der Waals surface area contributed by atoms with Crippen LogP contribution in [0.15, 0.2) is 30.5 Å². The molecular formula is C12H11N3. The molecule has 2 aromatic rings. The molecule has 0 radical (unpaired) electrons. The van der Waals surface area contributed by atoms with Gasteiger partial charge in [-0.1, -0.05) is 24.3 Å². The molecule has 1 aromatic heterocycles. The Labute approximate surface area is 88.5 Å². The van der Waals surface area contributed by atoms with Crippen LogP contribution in [0.1, 0.15) is 6.42 Å². The Morgan fingerprint density at radius 2 is 2.20 bits per heavy atom. The summed E-state index contributed by atoms with van der Waals surface area (Å²) < 4.78 is 0. The van der Waals surface area contributed by atoms with E-state index in [1.165, 1.54) is 0 Å². The molecular weight excluding hydrogens is 186 g/mol.